The first-order valence-corrected chi connectivity index (χ1v) is 11.2. The summed E-state index contributed by atoms with van der Waals surface area (Å²) >= 11 is 0. The molecule has 0 aromatic rings. The molecule has 3 heteroatoms. The van der Waals surface area contributed by atoms with Crippen molar-refractivity contribution in [3.05, 3.63) is 12.7 Å². The highest BCUT2D eigenvalue weighted by molar-refractivity contribution is 5.81. The van der Waals surface area contributed by atoms with Gasteiger partial charge in [-0.15, -0.1) is 0 Å². The maximum Gasteiger partial charge on any atom is 0.330 e. The third kappa shape index (κ3) is 5.12. The van der Waals surface area contributed by atoms with E-state index in [-0.39, 0.29) is 12.1 Å². The average molecular weight is 362 g/mol. The van der Waals surface area contributed by atoms with Crippen molar-refractivity contribution in [2.24, 2.45) is 11.8 Å². The number of rotatable bonds is 5. The molecule has 0 aromatic carbocycles. The van der Waals surface area contributed by atoms with Gasteiger partial charge in [0, 0.05) is 24.2 Å². The molecule has 0 N–H and O–H groups in total. The third-order valence-corrected chi connectivity index (χ3v) is 7.18. The van der Waals surface area contributed by atoms with Crippen LogP contribution < -0.4 is 0 Å². The predicted octanol–water partition coefficient (Wildman–Crippen LogP) is 5.49. The molecule has 3 aliphatic carbocycles. The number of esters is 1. The lowest BCUT2D eigenvalue weighted by Gasteiger charge is -2.49. The number of hydrogen-bond donors (Lipinski definition) is 0. The molecule has 3 rings (SSSR count). The van der Waals surface area contributed by atoms with Crippen LogP contribution in [0.5, 0.6) is 0 Å². The lowest BCUT2D eigenvalue weighted by atomic mass is 9.79. The van der Waals surface area contributed by atoms with Crippen molar-refractivity contribution in [3.8, 4) is 0 Å². The summed E-state index contributed by atoms with van der Waals surface area (Å²) in [6.07, 6.45) is 17.0. The SMILES string of the molecule is C=CC(=O)OC1CCC(N(C2CCCC(C)C2)C2CCCC(C)C2)CC1. The van der Waals surface area contributed by atoms with Crippen molar-refractivity contribution in [1.82, 2.24) is 4.90 Å². The number of carbonyl (C=O) groups excluding carboxylic acids is 1. The fraction of sp³-hybridized carbons (Fsp3) is 0.870. The Bertz CT molecular complexity index is 447. The van der Waals surface area contributed by atoms with Crippen LogP contribution >= 0.6 is 0 Å². The Hall–Kier alpha value is -0.830. The molecule has 0 aromatic heterocycles. The van der Waals surface area contributed by atoms with E-state index in [1.807, 2.05) is 0 Å². The molecule has 0 saturated heterocycles. The van der Waals surface area contributed by atoms with E-state index >= 15 is 0 Å². The fourth-order valence-electron chi connectivity index (χ4n) is 5.91. The summed E-state index contributed by atoms with van der Waals surface area (Å²) in [5.41, 5.74) is 0. The summed E-state index contributed by atoms with van der Waals surface area (Å²) in [6.45, 7) is 8.41. The van der Waals surface area contributed by atoms with Gasteiger partial charge < -0.3 is 4.74 Å². The van der Waals surface area contributed by atoms with Crippen LogP contribution in [0.1, 0.15) is 90.9 Å². The van der Waals surface area contributed by atoms with Gasteiger partial charge in [0.2, 0.25) is 0 Å². The van der Waals surface area contributed by atoms with Gasteiger partial charge in [-0.2, -0.15) is 0 Å². The predicted molar refractivity (Wildman–Crippen MR) is 107 cm³/mol. The summed E-state index contributed by atoms with van der Waals surface area (Å²) in [7, 11) is 0. The Morgan fingerprint density at radius 1 is 0.846 bits per heavy atom. The molecule has 148 valence electrons. The monoisotopic (exact) mass is 361 g/mol. The molecule has 3 aliphatic rings. The van der Waals surface area contributed by atoms with Crippen LogP contribution in [0.4, 0.5) is 0 Å². The van der Waals surface area contributed by atoms with E-state index in [2.05, 4.69) is 25.3 Å². The van der Waals surface area contributed by atoms with Gasteiger partial charge in [-0.05, 0) is 63.2 Å². The molecule has 0 heterocycles. The Morgan fingerprint density at radius 3 is 1.85 bits per heavy atom. The topological polar surface area (TPSA) is 29.5 Å². The van der Waals surface area contributed by atoms with Gasteiger partial charge in [0.1, 0.15) is 6.10 Å². The quantitative estimate of drug-likeness (QED) is 0.479. The van der Waals surface area contributed by atoms with Gasteiger partial charge in [0.25, 0.3) is 0 Å². The summed E-state index contributed by atoms with van der Waals surface area (Å²) in [6, 6.07) is 2.26. The maximum absolute atomic E-state index is 11.5. The van der Waals surface area contributed by atoms with Crippen molar-refractivity contribution < 1.29 is 9.53 Å². The van der Waals surface area contributed by atoms with Gasteiger partial charge in [-0.1, -0.05) is 46.1 Å². The minimum absolute atomic E-state index is 0.106. The Labute approximate surface area is 160 Å². The highest BCUT2D eigenvalue weighted by atomic mass is 16.5. The molecular weight excluding hydrogens is 322 g/mol. The van der Waals surface area contributed by atoms with Crippen LogP contribution in [-0.4, -0.2) is 35.1 Å². The smallest absolute Gasteiger partial charge is 0.330 e. The fourth-order valence-corrected chi connectivity index (χ4v) is 5.91. The van der Waals surface area contributed by atoms with Crippen LogP contribution in [0, 0.1) is 11.8 Å². The maximum atomic E-state index is 11.5. The van der Waals surface area contributed by atoms with Gasteiger partial charge in [0.05, 0.1) is 0 Å². The van der Waals surface area contributed by atoms with E-state index in [0.717, 1.165) is 36.8 Å². The third-order valence-electron chi connectivity index (χ3n) is 7.18. The normalized spacial score (nSPS) is 38.7. The molecule has 3 fully saturated rings. The van der Waals surface area contributed by atoms with Crippen LogP contribution in [0.2, 0.25) is 0 Å². The zero-order chi connectivity index (χ0) is 18.5. The van der Waals surface area contributed by atoms with Crippen LogP contribution in [0.3, 0.4) is 0 Å². The van der Waals surface area contributed by atoms with Crippen molar-refractivity contribution >= 4 is 5.97 Å². The van der Waals surface area contributed by atoms with E-state index in [4.69, 9.17) is 4.74 Å². The Kier molecular flexibility index (Phi) is 7.19. The molecule has 4 atom stereocenters. The average Bonchev–Trinajstić information content (AvgIpc) is 2.63. The van der Waals surface area contributed by atoms with E-state index in [0.29, 0.717) is 6.04 Å². The first kappa shape index (κ1) is 19.9. The molecule has 0 aliphatic heterocycles. The van der Waals surface area contributed by atoms with E-state index in [9.17, 15) is 4.79 Å². The lowest BCUT2D eigenvalue weighted by Crippen LogP contribution is -2.53. The second kappa shape index (κ2) is 9.39. The molecule has 3 saturated carbocycles. The molecule has 3 nitrogen and oxygen atoms in total. The minimum Gasteiger partial charge on any atom is -0.459 e. The Morgan fingerprint density at radius 2 is 1.38 bits per heavy atom. The molecule has 0 spiro atoms. The molecular formula is C23H39NO2. The minimum atomic E-state index is -0.257. The Balaban J connectivity index is 1.65. The van der Waals surface area contributed by atoms with Crippen LogP contribution in [-0.2, 0) is 9.53 Å². The first-order chi connectivity index (χ1) is 12.6. The number of nitrogens with zero attached hydrogens (tertiary/aromatic N) is 1. The van der Waals surface area contributed by atoms with Crippen molar-refractivity contribution in [2.75, 3.05) is 0 Å². The highest BCUT2D eigenvalue weighted by Gasteiger charge is 2.38. The second-order valence-electron chi connectivity index (χ2n) is 9.37. The van der Waals surface area contributed by atoms with Crippen LogP contribution in [0.25, 0.3) is 0 Å². The molecule has 0 amide bonds. The number of hydrogen-bond acceptors (Lipinski definition) is 3. The van der Waals surface area contributed by atoms with Crippen molar-refractivity contribution in [3.63, 3.8) is 0 Å². The summed E-state index contributed by atoms with van der Waals surface area (Å²) < 4.78 is 5.52. The molecule has 26 heavy (non-hydrogen) atoms. The van der Waals surface area contributed by atoms with Gasteiger partial charge in [-0.25, -0.2) is 4.79 Å². The van der Waals surface area contributed by atoms with E-state index in [1.54, 1.807) is 0 Å². The van der Waals surface area contributed by atoms with Crippen molar-refractivity contribution in [2.45, 2.75) is 115 Å². The zero-order valence-electron chi connectivity index (χ0n) is 17.0. The first-order valence-electron chi connectivity index (χ1n) is 11.2. The highest BCUT2D eigenvalue weighted by Crippen LogP contribution is 2.38. The standard InChI is InChI=1S/C23H39NO2/c1-4-23(25)26-22-13-11-19(12-14-22)24(20-9-5-7-17(2)15-20)21-10-6-8-18(3)16-21/h4,17-22H,1,5-16H2,2-3H3. The summed E-state index contributed by atoms with van der Waals surface area (Å²) in [5.74, 6) is 1.50. The molecule has 0 bridgehead atoms. The number of carbonyl (C=O) groups is 1. The molecule has 0 radical (unpaired) electrons. The summed E-state index contributed by atoms with van der Waals surface area (Å²) in [5, 5.41) is 0. The van der Waals surface area contributed by atoms with Crippen molar-refractivity contribution in [1.29, 1.82) is 0 Å². The van der Waals surface area contributed by atoms with E-state index < -0.39 is 0 Å². The summed E-state index contributed by atoms with van der Waals surface area (Å²) in [4.78, 5) is 14.5. The van der Waals surface area contributed by atoms with Gasteiger partial charge in [-0.3, -0.25) is 4.90 Å². The second-order valence-corrected chi connectivity index (χ2v) is 9.37. The number of ether oxygens (including phenoxy) is 1. The van der Waals surface area contributed by atoms with Gasteiger partial charge >= 0.3 is 5.97 Å². The lowest BCUT2D eigenvalue weighted by molar-refractivity contribution is -0.145. The van der Waals surface area contributed by atoms with E-state index in [1.165, 1.54) is 70.3 Å². The van der Waals surface area contributed by atoms with Gasteiger partial charge in [0.15, 0.2) is 0 Å². The largest absolute Gasteiger partial charge is 0.459 e. The molecule has 4 unspecified atom stereocenters. The zero-order valence-corrected chi connectivity index (χ0v) is 17.0. The van der Waals surface area contributed by atoms with Crippen LogP contribution in [0.15, 0.2) is 12.7 Å².